The molecule has 2 unspecified atom stereocenters. The van der Waals surface area contributed by atoms with E-state index in [0.29, 0.717) is 18.7 Å². The maximum atomic E-state index is 13.2. The highest BCUT2D eigenvalue weighted by Crippen LogP contribution is 2.33. The molecule has 4 rings (SSSR count). The van der Waals surface area contributed by atoms with E-state index in [1.54, 1.807) is 7.11 Å². The molecule has 1 amide bonds. The molecule has 1 aliphatic rings. The van der Waals surface area contributed by atoms with Gasteiger partial charge in [-0.3, -0.25) is 4.79 Å². The van der Waals surface area contributed by atoms with Crippen LogP contribution >= 0.6 is 0 Å². The molecule has 1 fully saturated rings. The van der Waals surface area contributed by atoms with E-state index in [4.69, 9.17) is 10.00 Å². The minimum atomic E-state index is -0.0231. The van der Waals surface area contributed by atoms with Gasteiger partial charge in [0, 0.05) is 49.6 Å². The molecule has 6 heteroatoms. The number of hydrogen-bond donors (Lipinski definition) is 0. The number of para-hydroxylation sites is 1. The van der Waals surface area contributed by atoms with Crippen molar-refractivity contribution in [3.8, 4) is 6.07 Å². The third kappa shape index (κ3) is 4.90. The number of nitriles is 1. The van der Waals surface area contributed by atoms with E-state index >= 15 is 0 Å². The minimum absolute atomic E-state index is 0.0231. The summed E-state index contributed by atoms with van der Waals surface area (Å²) in [6, 6.07) is 19.7. The zero-order chi connectivity index (χ0) is 22.3. The fraction of sp³-hybridized carbons (Fsp3) is 0.346. The molecule has 164 valence electrons. The van der Waals surface area contributed by atoms with Gasteiger partial charge in [-0.15, -0.1) is 0 Å². The van der Waals surface area contributed by atoms with Crippen molar-refractivity contribution >= 4 is 11.6 Å². The molecule has 32 heavy (non-hydrogen) atoms. The van der Waals surface area contributed by atoms with Crippen LogP contribution in [0.2, 0.25) is 0 Å². The van der Waals surface area contributed by atoms with Crippen LogP contribution in [0.1, 0.15) is 29.7 Å². The highest BCUT2D eigenvalue weighted by atomic mass is 16.5. The number of rotatable bonds is 9. The average Bonchev–Trinajstić information content (AvgIpc) is 3.39. The Morgan fingerprint density at radius 1 is 1.16 bits per heavy atom. The minimum Gasteiger partial charge on any atom is -0.384 e. The molecule has 0 saturated carbocycles. The molecule has 0 radical (unpaired) electrons. The molecule has 0 spiro atoms. The fourth-order valence-corrected chi connectivity index (χ4v) is 4.52. The second-order valence-electron chi connectivity index (χ2n) is 8.32. The van der Waals surface area contributed by atoms with Crippen molar-refractivity contribution in [3.63, 3.8) is 0 Å². The molecule has 0 N–H and O–H groups in total. The molecule has 1 aliphatic heterocycles. The first-order chi connectivity index (χ1) is 15.7. The summed E-state index contributed by atoms with van der Waals surface area (Å²) in [5, 5.41) is 8.97. The lowest BCUT2D eigenvalue weighted by Crippen LogP contribution is -2.26. The first-order valence-electron chi connectivity index (χ1n) is 11.0. The predicted octanol–water partition coefficient (Wildman–Crippen LogP) is 4.05. The van der Waals surface area contributed by atoms with E-state index in [0.717, 1.165) is 42.8 Å². The van der Waals surface area contributed by atoms with Gasteiger partial charge in [0.05, 0.1) is 24.6 Å². The van der Waals surface area contributed by atoms with Crippen molar-refractivity contribution in [2.75, 3.05) is 25.2 Å². The van der Waals surface area contributed by atoms with Crippen molar-refractivity contribution in [2.45, 2.75) is 25.8 Å². The van der Waals surface area contributed by atoms with Crippen molar-refractivity contribution < 1.29 is 9.53 Å². The van der Waals surface area contributed by atoms with Crippen LogP contribution in [0.4, 0.5) is 5.69 Å². The smallest absolute Gasteiger partial charge is 0.230 e. The number of carbonyl (C=O) groups is 1. The van der Waals surface area contributed by atoms with Gasteiger partial charge in [-0.1, -0.05) is 30.3 Å². The zero-order valence-corrected chi connectivity index (χ0v) is 18.4. The van der Waals surface area contributed by atoms with E-state index in [1.807, 2.05) is 72.0 Å². The summed E-state index contributed by atoms with van der Waals surface area (Å²) in [6.45, 7) is 2.02. The third-order valence-corrected chi connectivity index (χ3v) is 6.20. The van der Waals surface area contributed by atoms with Crippen LogP contribution in [0.25, 0.3) is 0 Å². The predicted molar refractivity (Wildman–Crippen MR) is 123 cm³/mol. The van der Waals surface area contributed by atoms with Crippen LogP contribution in [0.3, 0.4) is 0 Å². The van der Waals surface area contributed by atoms with E-state index in [1.165, 1.54) is 0 Å². The van der Waals surface area contributed by atoms with Crippen molar-refractivity contribution in [1.82, 2.24) is 9.55 Å². The number of benzene rings is 2. The lowest BCUT2D eigenvalue weighted by Gasteiger charge is -2.16. The summed E-state index contributed by atoms with van der Waals surface area (Å²) in [7, 11) is 1.70. The summed E-state index contributed by atoms with van der Waals surface area (Å²) in [6.07, 6.45) is 6.36. The number of aromatic nitrogens is 2. The molecular formula is C26H28N4O2. The Hall–Kier alpha value is -3.43. The van der Waals surface area contributed by atoms with Gasteiger partial charge in [0.1, 0.15) is 0 Å². The van der Waals surface area contributed by atoms with Gasteiger partial charge in [0.25, 0.3) is 0 Å². The highest BCUT2D eigenvalue weighted by molar-refractivity contribution is 5.97. The molecule has 2 aromatic carbocycles. The second kappa shape index (κ2) is 10.3. The van der Waals surface area contributed by atoms with Crippen molar-refractivity contribution in [1.29, 1.82) is 5.26 Å². The number of methoxy groups -OCH3 is 1. The van der Waals surface area contributed by atoms with E-state index in [2.05, 4.69) is 15.6 Å². The van der Waals surface area contributed by atoms with E-state index < -0.39 is 0 Å². The Kier molecular flexibility index (Phi) is 6.98. The third-order valence-electron chi connectivity index (χ3n) is 6.20. The summed E-state index contributed by atoms with van der Waals surface area (Å²) < 4.78 is 7.57. The van der Waals surface area contributed by atoms with Crippen molar-refractivity contribution in [2.24, 2.45) is 11.8 Å². The van der Waals surface area contributed by atoms with Crippen LogP contribution in [0, 0.1) is 23.2 Å². The van der Waals surface area contributed by atoms with Gasteiger partial charge >= 0.3 is 0 Å². The quantitative estimate of drug-likeness (QED) is 0.515. The Bertz CT molecular complexity index is 1070. The summed E-state index contributed by atoms with van der Waals surface area (Å²) >= 11 is 0. The van der Waals surface area contributed by atoms with Gasteiger partial charge in [0.15, 0.2) is 0 Å². The van der Waals surface area contributed by atoms with Crippen LogP contribution in [0.5, 0.6) is 0 Å². The van der Waals surface area contributed by atoms with Crippen LogP contribution < -0.4 is 4.90 Å². The number of aryl methyl sites for hydroxylation is 1. The molecule has 1 aromatic heterocycles. The lowest BCUT2D eigenvalue weighted by molar-refractivity contribution is -0.121. The summed E-state index contributed by atoms with van der Waals surface area (Å²) in [5.41, 5.74) is 3.91. The number of nitrogens with zero attached hydrogens (tertiary/aromatic N) is 4. The Balaban J connectivity index is 1.37. The van der Waals surface area contributed by atoms with Gasteiger partial charge < -0.3 is 14.2 Å². The van der Waals surface area contributed by atoms with Gasteiger partial charge in [-0.05, 0) is 49.1 Å². The highest BCUT2D eigenvalue weighted by Gasteiger charge is 2.40. The number of anilines is 1. The number of ether oxygens (including phenoxy) is 1. The maximum Gasteiger partial charge on any atom is 0.230 e. The SMILES string of the molecule is COCC1CN(c2ccccc2)C(=O)C1CCCc1cncn1Cc1ccc(C#N)cc1. The molecule has 0 aliphatic carbocycles. The molecule has 6 nitrogen and oxygen atoms in total. The Labute approximate surface area is 189 Å². The van der Waals surface area contributed by atoms with E-state index in [-0.39, 0.29) is 17.7 Å². The van der Waals surface area contributed by atoms with Crippen LogP contribution in [0.15, 0.2) is 67.1 Å². The topological polar surface area (TPSA) is 71.2 Å². The number of carbonyl (C=O) groups excluding carboxylic acids is 1. The molecule has 0 bridgehead atoms. The molecular weight excluding hydrogens is 400 g/mol. The summed E-state index contributed by atoms with van der Waals surface area (Å²) in [4.78, 5) is 19.4. The molecule has 1 saturated heterocycles. The average molecular weight is 429 g/mol. The fourth-order valence-electron chi connectivity index (χ4n) is 4.52. The first-order valence-corrected chi connectivity index (χ1v) is 11.0. The number of imidazole rings is 1. The Morgan fingerprint density at radius 3 is 2.66 bits per heavy atom. The van der Waals surface area contributed by atoms with Crippen LogP contribution in [-0.4, -0.2) is 35.7 Å². The standard InChI is InChI=1S/C26H28N4O2/c1-32-18-22-17-30(23-6-3-2-4-7-23)26(31)25(22)9-5-8-24-15-28-19-29(24)16-21-12-10-20(14-27)11-13-21/h2-4,6-7,10-13,15,19,22,25H,5,8-9,16-18H2,1H3. The maximum absolute atomic E-state index is 13.2. The summed E-state index contributed by atoms with van der Waals surface area (Å²) in [5.74, 6) is 0.380. The second-order valence-corrected chi connectivity index (χ2v) is 8.32. The zero-order valence-electron chi connectivity index (χ0n) is 18.4. The van der Waals surface area contributed by atoms with Crippen molar-refractivity contribution in [3.05, 3.63) is 83.9 Å². The normalized spacial score (nSPS) is 18.1. The van der Waals surface area contributed by atoms with Crippen LogP contribution in [-0.2, 0) is 22.5 Å². The van der Waals surface area contributed by atoms with Gasteiger partial charge in [-0.25, -0.2) is 4.98 Å². The van der Waals surface area contributed by atoms with Gasteiger partial charge in [0.2, 0.25) is 5.91 Å². The molecule has 2 heterocycles. The Morgan fingerprint density at radius 2 is 1.94 bits per heavy atom. The van der Waals surface area contributed by atoms with E-state index in [9.17, 15) is 4.79 Å². The monoisotopic (exact) mass is 428 g/mol. The first kappa shape index (κ1) is 21.8. The largest absolute Gasteiger partial charge is 0.384 e. The molecule has 2 atom stereocenters. The number of amides is 1. The lowest BCUT2D eigenvalue weighted by atomic mass is 9.91. The molecule has 3 aromatic rings. The van der Waals surface area contributed by atoms with Gasteiger partial charge in [-0.2, -0.15) is 5.26 Å². The number of hydrogen-bond acceptors (Lipinski definition) is 4.